The van der Waals surface area contributed by atoms with E-state index in [1.54, 1.807) is 11.3 Å². The summed E-state index contributed by atoms with van der Waals surface area (Å²) in [7, 11) is 2.03. The van der Waals surface area contributed by atoms with E-state index in [1.165, 1.54) is 0 Å². The van der Waals surface area contributed by atoms with Gasteiger partial charge < -0.3 is 5.11 Å². The monoisotopic (exact) mass is 256 g/mol. The molecular weight excluding hydrogens is 236 g/mol. The molecule has 1 saturated carbocycles. The molecule has 0 bridgehead atoms. The lowest BCUT2D eigenvalue weighted by Crippen LogP contribution is -2.38. The summed E-state index contributed by atoms with van der Waals surface area (Å²) in [5.74, 6) is 5.29. The van der Waals surface area contributed by atoms with Gasteiger partial charge in [0.05, 0.1) is 5.60 Å². The van der Waals surface area contributed by atoms with Gasteiger partial charge in [-0.15, -0.1) is 0 Å². The van der Waals surface area contributed by atoms with Crippen molar-refractivity contribution in [1.29, 1.82) is 0 Å². The number of anilines is 1. The van der Waals surface area contributed by atoms with E-state index in [2.05, 4.69) is 15.3 Å². The molecule has 0 radical (unpaired) electrons. The van der Waals surface area contributed by atoms with Gasteiger partial charge >= 0.3 is 0 Å². The maximum Gasteiger partial charge on any atom is 0.197 e. The molecule has 1 aliphatic rings. The lowest BCUT2D eigenvalue weighted by atomic mass is 10.0. The first kappa shape index (κ1) is 12.8. The molecule has 0 saturated heterocycles. The normalized spacial score (nSPS) is 18.8. The average molecular weight is 256 g/mol. The number of nitrogens with two attached hydrogens (primary N) is 1. The molecule has 5 nitrogen and oxygen atoms in total. The second-order valence-corrected chi connectivity index (χ2v) is 6.00. The van der Waals surface area contributed by atoms with Crippen molar-refractivity contribution in [3.8, 4) is 0 Å². The van der Waals surface area contributed by atoms with Crippen molar-refractivity contribution < 1.29 is 5.11 Å². The lowest BCUT2D eigenvalue weighted by Gasteiger charge is -2.28. The second-order valence-electron chi connectivity index (χ2n) is 4.88. The molecule has 0 unspecified atom stereocenters. The minimum Gasteiger partial charge on any atom is -0.389 e. The van der Waals surface area contributed by atoms with Crippen molar-refractivity contribution in [1.82, 2.24) is 9.88 Å². The molecule has 1 aromatic heterocycles. The van der Waals surface area contributed by atoms with Crippen LogP contribution < -0.4 is 11.3 Å². The minimum absolute atomic E-state index is 0.478. The van der Waals surface area contributed by atoms with E-state index in [9.17, 15) is 5.11 Å². The number of hydrogen-bond acceptors (Lipinski definition) is 6. The van der Waals surface area contributed by atoms with Crippen LogP contribution >= 0.6 is 11.3 Å². The van der Waals surface area contributed by atoms with Crippen LogP contribution in [0.15, 0.2) is 6.20 Å². The summed E-state index contributed by atoms with van der Waals surface area (Å²) in [6.07, 6.45) is 5.97. The topological polar surface area (TPSA) is 74.4 Å². The molecule has 1 fully saturated rings. The number of nitrogens with zero attached hydrogens (tertiary/aromatic N) is 2. The van der Waals surface area contributed by atoms with Gasteiger partial charge in [-0.1, -0.05) is 24.2 Å². The Kier molecular flexibility index (Phi) is 3.98. The number of hydrazine groups is 1. The van der Waals surface area contributed by atoms with Gasteiger partial charge in [0.2, 0.25) is 0 Å². The van der Waals surface area contributed by atoms with Crippen LogP contribution in [0.2, 0.25) is 0 Å². The molecule has 0 aliphatic heterocycles. The fraction of sp³-hybridized carbons (Fsp3) is 0.727. The Morgan fingerprint density at radius 3 is 2.88 bits per heavy atom. The SMILES string of the molecule is CN(Cc1cnc(NN)s1)CC1(O)CCCC1. The number of aliphatic hydroxyl groups is 1. The molecular formula is C11H20N4OS. The maximum atomic E-state index is 10.3. The molecule has 1 aliphatic carbocycles. The van der Waals surface area contributed by atoms with Gasteiger partial charge in [-0.05, 0) is 19.9 Å². The molecule has 2 rings (SSSR count). The van der Waals surface area contributed by atoms with E-state index in [4.69, 9.17) is 5.84 Å². The highest BCUT2D eigenvalue weighted by molar-refractivity contribution is 7.15. The standard InChI is InChI=1S/C11H20N4OS/c1-15(8-11(16)4-2-3-5-11)7-9-6-13-10(14-12)17-9/h6,16H,2-5,7-8,12H2,1H3,(H,13,14). The summed E-state index contributed by atoms with van der Waals surface area (Å²) in [6.45, 7) is 1.54. The van der Waals surface area contributed by atoms with E-state index in [0.29, 0.717) is 0 Å². The molecule has 1 heterocycles. The molecule has 1 aromatic rings. The van der Waals surface area contributed by atoms with E-state index in [1.807, 2.05) is 13.2 Å². The summed E-state index contributed by atoms with van der Waals surface area (Å²) in [5.41, 5.74) is 2.06. The highest BCUT2D eigenvalue weighted by atomic mass is 32.1. The van der Waals surface area contributed by atoms with Crippen molar-refractivity contribution >= 4 is 16.5 Å². The van der Waals surface area contributed by atoms with E-state index in [0.717, 1.165) is 48.8 Å². The van der Waals surface area contributed by atoms with Gasteiger partial charge in [0, 0.05) is 24.2 Å². The molecule has 0 atom stereocenters. The summed E-state index contributed by atoms with van der Waals surface area (Å²) in [5, 5.41) is 11.0. The zero-order chi connectivity index (χ0) is 12.3. The second kappa shape index (κ2) is 5.30. The third kappa shape index (κ3) is 3.38. The van der Waals surface area contributed by atoms with Crippen LogP contribution in [0.25, 0.3) is 0 Å². The van der Waals surface area contributed by atoms with Crippen molar-refractivity contribution in [3.63, 3.8) is 0 Å². The van der Waals surface area contributed by atoms with Gasteiger partial charge in [-0.3, -0.25) is 10.3 Å². The molecule has 96 valence electrons. The van der Waals surface area contributed by atoms with Crippen LogP contribution in [-0.4, -0.2) is 34.2 Å². The first-order valence-corrected chi connectivity index (χ1v) is 6.75. The van der Waals surface area contributed by atoms with Crippen LogP contribution in [0.5, 0.6) is 0 Å². The molecule has 0 aromatic carbocycles. The van der Waals surface area contributed by atoms with Gasteiger partial charge in [-0.2, -0.15) is 0 Å². The van der Waals surface area contributed by atoms with Crippen molar-refractivity contribution in [2.75, 3.05) is 19.0 Å². The quantitative estimate of drug-likeness (QED) is 0.544. The van der Waals surface area contributed by atoms with Gasteiger partial charge in [-0.25, -0.2) is 10.8 Å². The smallest absolute Gasteiger partial charge is 0.197 e. The molecule has 4 N–H and O–H groups in total. The predicted molar refractivity (Wildman–Crippen MR) is 69.7 cm³/mol. The third-order valence-electron chi connectivity index (χ3n) is 3.20. The fourth-order valence-electron chi connectivity index (χ4n) is 2.46. The fourth-order valence-corrected chi connectivity index (χ4v) is 3.27. The van der Waals surface area contributed by atoms with Crippen molar-refractivity contribution in [2.24, 2.45) is 5.84 Å². The highest BCUT2D eigenvalue weighted by Crippen LogP contribution is 2.30. The number of likely N-dealkylation sites (N-methyl/N-ethyl adjacent to an activating group) is 1. The average Bonchev–Trinajstić information content (AvgIpc) is 2.87. The Labute approximate surface area is 106 Å². The van der Waals surface area contributed by atoms with Crippen molar-refractivity contribution in [2.45, 2.75) is 37.8 Å². The number of aromatic nitrogens is 1. The predicted octanol–water partition coefficient (Wildman–Crippen LogP) is 1.17. The molecule has 6 heteroatoms. The summed E-state index contributed by atoms with van der Waals surface area (Å²) in [6, 6.07) is 0. The zero-order valence-corrected chi connectivity index (χ0v) is 11.0. The minimum atomic E-state index is -0.478. The zero-order valence-electron chi connectivity index (χ0n) is 10.1. The molecule has 0 amide bonds. The third-order valence-corrected chi connectivity index (χ3v) is 4.11. The summed E-state index contributed by atoms with van der Waals surface area (Å²) in [4.78, 5) is 7.44. The largest absolute Gasteiger partial charge is 0.389 e. The number of rotatable bonds is 5. The molecule has 0 spiro atoms. The summed E-state index contributed by atoms with van der Waals surface area (Å²) >= 11 is 1.55. The Hall–Kier alpha value is -0.690. The van der Waals surface area contributed by atoms with E-state index >= 15 is 0 Å². The van der Waals surface area contributed by atoms with Gasteiger partial charge in [0.25, 0.3) is 0 Å². The Morgan fingerprint density at radius 2 is 2.29 bits per heavy atom. The first-order chi connectivity index (χ1) is 8.11. The van der Waals surface area contributed by atoms with Crippen LogP contribution in [-0.2, 0) is 6.54 Å². The maximum absolute atomic E-state index is 10.3. The van der Waals surface area contributed by atoms with Gasteiger partial charge in [0.1, 0.15) is 0 Å². The number of thiazole rings is 1. The van der Waals surface area contributed by atoms with Crippen LogP contribution in [0.4, 0.5) is 5.13 Å². The first-order valence-electron chi connectivity index (χ1n) is 5.93. The number of nitrogens with one attached hydrogen (secondary N) is 1. The van der Waals surface area contributed by atoms with Crippen molar-refractivity contribution in [3.05, 3.63) is 11.1 Å². The van der Waals surface area contributed by atoms with Gasteiger partial charge in [0.15, 0.2) is 5.13 Å². The Bertz CT molecular complexity index is 362. The van der Waals surface area contributed by atoms with Crippen LogP contribution in [0.3, 0.4) is 0 Å². The molecule has 17 heavy (non-hydrogen) atoms. The summed E-state index contributed by atoms with van der Waals surface area (Å²) < 4.78 is 0. The lowest BCUT2D eigenvalue weighted by molar-refractivity contribution is 0.0147. The van der Waals surface area contributed by atoms with Crippen LogP contribution in [0, 0.1) is 0 Å². The Morgan fingerprint density at radius 1 is 1.59 bits per heavy atom. The Balaban J connectivity index is 1.86. The van der Waals surface area contributed by atoms with E-state index in [-0.39, 0.29) is 0 Å². The number of hydrogen-bond donors (Lipinski definition) is 3. The number of nitrogen functional groups attached to an aromatic ring is 1. The van der Waals surface area contributed by atoms with E-state index < -0.39 is 5.60 Å². The highest BCUT2D eigenvalue weighted by Gasteiger charge is 2.32. The van der Waals surface area contributed by atoms with Crippen LogP contribution in [0.1, 0.15) is 30.6 Å².